The molecule has 1 aromatic rings. The van der Waals surface area contributed by atoms with E-state index < -0.39 is 11.9 Å². The van der Waals surface area contributed by atoms with E-state index in [0.717, 1.165) is 24.6 Å². The second-order valence-electron chi connectivity index (χ2n) is 4.66. The Labute approximate surface area is 121 Å². The summed E-state index contributed by atoms with van der Waals surface area (Å²) in [6.45, 7) is 0. The average molecular weight is 298 g/mol. The normalized spacial score (nSPS) is 15.8. The lowest BCUT2D eigenvalue weighted by Crippen LogP contribution is -2.38. The second-order valence-corrected chi connectivity index (χ2v) is 5.58. The predicted molar refractivity (Wildman–Crippen MR) is 73.4 cm³/mol. The molecule has 1 fully saturated rings. The number of imide groups is 1. The van der Waals surface area contributed by atoms with Crippen molar-refractivity contribution in [2.75, 3.05) is 12.8 Å². The van der Waals surface area contributed by atoms with Crippen LogP contribution in [0.3, 0.4) is 0 Å². The number of hydrogen-bond donors (Lipinski definition) is 2. The molecular formula is C12H18N4O3S. The molecule has 1 aromatic heterocycles. The highest BCUT2D eigenvalue weighted by molar-refractivity contribution is 7.99. The van der Waals surface area contributed by atoms with Crippen molar-refractivity contribution in [3.05, 3.63) is 5.89 Å². The first-order valence-electron chi connectivity index (χ1n) is 6.67. The van der Waals surface area contributed by atoms with Crippen molar-refractivity contribution in [1.29, 1.82) is 0 Å². The molecular weight excluding hydrogens is 280 g/mol. The van der Waals surface area contributed by atoms with E-state index in [0.29, 0.717) is 17.0 Å². The van der Waals surface area contributed by atoms with Crippen LogP contribution in [0.25, 0.3) is 0 Å². The summed E-state index contributed by atoms with van der Waals surface area (Å²) in [4.78, 5) is 22.4. The molecule has 1 heterocycles. The van der Waals surface area contributed by atoms with Gasteiger partial charge in [0.1, 0.15) is 0 Å². The topological polar surface area (TPSA) is 97.1 Å². The fourth-order valence-electron chi connectivity index (χ4n) is 2.15. The molecule has 2 rings (SSSR count). The number of hydrogen-bond acceptors (Lipinski definition) is 6. The van der Waals surface area contributed by atoms with Gasteiger partial charge in [0.25, 0.3) is 5.22 Å². The van der Waals surface area contributed by atoms with Gasteiger partial charge in [0.2, 0.25) is 11.8 Å². The maximum Gasteiger partial charge on any atom is 0.321 e. The fourth-order valence-corrected chi connectivity index (χ4v) is 2.72. The zero-order chi connectivity index (χ0) is 14.4. The molecule has 0 radical (unpaired) electrons. The van der Waals surface area contributed by atoms with Crippen LogP contribution in [0, 0.1) is 0 Å². The Morgan fingerprint density at radius 1 is 1.30 bits per heavy atom. The molecule has 3 amide bonds. The van der Waals surface area contributed by atoms with Gasteiger partial charge in [-0.3, -0.25) is 10.1 Å². The number of urea groups is 1. The quantitative estimate of drug-likeness (QED) is 0.821. The minimum atomic E-state index is -0.524. The molecule has 0 unspecified atom stereocenters. The molecule has 0 saturated heterocycles. The fraction of sp³-hybridized carbons (Fsp3) is 0.667. The molecule has 0 aliphatic heterocycles. The molecule has 7 nitrogen and oxygen atoms in total. The molecule has 110 valence electrons. The van der Waals surface area contributed by atoms with Crippen molar-refractivity contribution in [2.24, 2.45) is 0 Å². The van der Waals surface area contributed by atoms with Gasteiger partial charge >= 0.3 is 6.03 Å². The Morgan fingerprint density at radius 3 is 2.75 bits per heavy atom. The Kier molecular flexibility index (Phi) is 5.40. The number of nitrogens with zero attached hydrogens (tertiary/aromatic N) is 2. The summed E-state index contributed by atoms with van der Waals surface area (Å²) in [5.41, 5.74) is 0. The number of amides is 3. The van der Waals surface area contributed by atoms with Crippen LogP contribution < -0.4 is 10.6 Å². The second kappa shape index (κ2) is 7.28. The van der Waals surface area contributed by atoms with Crippen LogP contribution in [-0.4, -0.2) is 34.9 Å². The molecule has 8 heteroatoms. The van der Waals surface area contributed by atoms with Gasteiger partial charge in [-0.05, 0) is 12.8 Å². The monoisotopic (exact) mass is 298 g/mol. The van der Waals surface area contributed by atoms with Crippen molar-refractivity contribution in [3.8, 4) is 0 Å². The lowest BCUT2D eigenvalue weighted by Gasteiger charge is -2.17. The van der Waals surface area contributed by atoms with Gasteiger partial charge in [-0.1, -0.05) is 31.0 Å². The molecule has 0 aromatic carbocycles. The van der Waals surface area contributed by atoms with Gasteiger partial charge in [-0.15, -0.1) is 10.2 Å². The minimum absolute atomic E-state index is 0.0692. The lowest BCUT2D eigenvalue weighted by molar-refractivity contribution is -0.117. The van der Waals surface area contributed by atoms with Crippen molar-refractivity contribution in [2.45, 2.75) is 43.2 Å². The number of rotatable bonds is 4. The largest absolute Gasteiger partial charge is 0.416 e. The van der Waals surface area contributed by atoms with Gasteiger partial charge in [-0.25, -0.2) is 4.79 Å². The summed E-state index contributed by atoms with van der Waals surface area (Å²) in [7, 11) is 1.45. The van der Waals surface area contributed by atoms with E-state index in [2.05, 4.69) is 20.8 Å². The number of thioether (sulfide) groups is 1. The number of aromatic nitrogens is 2. The number of carbonyl (C=O) groups is 2. The molecule has 20 heavy (non-hydrogen) atoms. The molecule has 2 N–H and O–H groups in total. The molecule has 0 bridgehead atoms. The third-order valence-corrected chi connectivity index (χ3v) is 4.00. The van der Waals surface area contributed by atoms with Gasteiger partial charge in [0.05, 0.1) is 5.75 Å². The van der Waals surface area contributed by atoms with Gasteiger partial charge < -0.3 is 9.73 Å². The van der Waals surface area contributed by atoms with Crippen LogP contribution in [0.1, 0.15) is 43.9 Å². The van der Waals surface area contributed by atoms with Crippen molar-refractivity contribution >= 4 is 23.7 Å². The van der Waals surface area contributed by atoms with E-state index in [4.69, 9.17) is 4.42 Å². The summed E-state index contributed by atoms with van der Waals surface area (Å²) in [5.74, 6) is 0.690. The highest BCUT2D eigenvalue weighted by Gasteiger charge is 2.21. The first-order chi connectivity index (χ1) is 9.69. The van der Waals surface area contributed by atoms with Crippen LogP contribution in [0.5, 0.6) is 0 Å². The average Bonchev–Trinajstić information content (AvgIpc) is 2.95. The highest BCUT2D eigenvalue weighted by atomic mass is 32.2. The third-order valence-electron chi connectivity index (χ3n) is 3.18. The van der Waals surface area contributed by atoms with Crippen molar-refractivity contribution in [3.63, 3.8) is 0 Å². The summed E-state index contributed by atoms with van der Waals surface area (Å²) >= 11 is 1.13. The summed E-state index contributed by atoms with van der Waals surface area (Å²) < 4.78 is 5.57. The zero-order valence-corrected chi connectivity index (χ0v) is 12.2. The Bertz CT molecular complexity index is 471. The highest BCUT2D eigenvalue weighted by Crippen LogP contribution is 2.32. The van der Waals surface area contributed by atoms with E-state index in [9.17, 15) is 9.59 Å². The third kappa shape index (κ3) is 4.22. The summed E-state index contributed by atoms with van der Waals surface area (Å²) in [6.07, 6.45) is 5.84. The smallest absolute Gasteiger partial charge is 0.321 e. The van der Waals surface area contributed by atoms with Gasteiger partial charge in [0.15, 0.2) is 0 Å². The van der Waals surface area contributed by atoms with E-state index in [1.165, 1.54) is 26.3 Å². The Balaban J connectivity index is 1.80. The van der Waals surface area contributed by atoms with Crippen LogP contribution >= 0.6 is 11.8 Å². The first kappa shape index (κ1) is 14.8. The Hall–Kier alpha value is -1.57. The van der Waals surface area contributed by atoms with Crippen LogP contribution in [0.15, 0.2) is 9.64 Å². The SMILES string of the molecule is CNC(=O)NC(=O)CSc1nnc(C2CCCCC2)o1. The molecule has 1 aliphatic rings. The maximum atomic E-state index is 11.4. The molecule has 0 spiro atoms. The minimum Gasteiger partial charge on any atom is -0.416 e. The Morgan fingerprint density at radius 2 is 2.05 bits per heavy atom. The zero-order valence-electron chi connectivity index (χ0n) is 11.3. The lowest BCUT2D eigenvalue weighted by atomic mass is 9.89. The number of carbonyl (C=O) groups excluding carboxylic acids is 2. The summed E-state index contributed by atoms with van der Waals surface area (Å²) in [6, 6.07) is -0.524. The van der Waals surface area contributed by atoms with Crippen LogP contribution in [0.2, 0.25) is 0 Å². The van der Waals surface area contributed by atoms with Gasteiger partial charge in [0, 0.05) is 13.0 Å². The molecule has 1 saturated carbocycles. The predicted octanol–water partition coefficient (Wildman–Crippen LogP) is 1.66. The van der Waals surface area contributed by atoms with Crippen molar-refractivity contribution in [1.82, 2.24) is 20.8 Å². The van der Waals surface area contributed by atoms with Crippen molar-refractivity contribution < 1.29 is 14.0 Å². The van der Waals surface area contributed by atoms with Crippen LogP contribution in [-0.2, 0) is 4.79 Å². The van der Waals surface area contributed by atoms with E-state index in [-0.39, 0.29) is 5.75 Å². The standard InChI is InChI=1S/C12H18N4O3S/c1-13-11(18)14-9(17)7-20-12-16-15-10(19-12)8-5-3-2-4-6-8/h8H,2-7H2,1H3,(H2,13,14,17,18). The van der Waals surface area contributed by atoms with E-state index >= 15 is 0 Å². The van der Waals surface area contributed by atoms with E-state index in [1.54, 1.807) is 0 Å². The van der Waals surface area contributed by atoms with E-state index in [1.807, 2.05) is 0 Å². The number of nitrogens with one attached hydrogen (secondary N) is 2. The maximum absolute atomic E-state index is 11.4. The summed E-state index contributed by atoms with van der Waals surface area (Å²) in [5, 5.41) is 12.8. The first-order valence-corrected chi connectivity index (χ1v) is 7.65. The van der Waals surface area contributed by atoms with Crippen LogP contribution in [0.4, 0.5) is 4.79 Å². The molecule has 0 atom stereocenters. The van der Waals surface area contributed by atoms with Gasteiger partial charge in [-0.2, -0.15) is 0 Å². The molecule has 1 aliphatic carbocycles.